The second kappa shape index (κ2) is 7.03. The number of rotatable bonds is 3. The molecule has 4 rings (SSSR count). The van der Waals surface area contributed by atoms with Crippen molar-refractivity contribution in [2.24, 2.45) is 20.0 Å². The largest absolute Gasteiger partial charge is 0.459 e. The SMILES string of the molecule is Cn1c(=O)n(C)c2cc(NC(=O)C3CCN(C(=O)c4ccco4)CC3)ccc21. The number of benzene rings is 1. The maximum Gasteiger partial charge on any atom is 0.328 e. The van der Waals surface area contributed by atoms with Crippen LogP contribution in [-0.4, -0.2) is 38.9 Å². The fourth-order valence-corrected chi connectivity index (χ4v) is 3.73. The molecule has 0 radical (unpaired) electrons. The van der Waals surface area contributed by atoms with E-state index in [1.807, 2.05) is 12.1 Å². The molecule has 1 aliphatic heterocycles. The van der Waals surface area contributed by atoms with Gasteiger partial charge >= 0.3 is 5.69 Å². The number of hydrogen-bond acceptors (Lipinski definition) is 4. The summed E-state index contributed by atoms with van der Waals surface area (Å²) >= 11 is 0. The molecular weight excluding hydrogens is 360 g/mol. The van der Waals surface area contributed by atoms with Gasteiger partial charge in [-0.1, -0.05) is 0 Å². The van der Waals surface area contributed by atoms with Gasteiger partial charge < -0.3 is 14.6 Å². The maximum atomic E-state index is 12.7. The molecule has 146 valence electrons. The molecule has 0 bridgehead atoms. The average Bonchev–Trinajstić information content (AvgIpc) is 3.32. The normalized spacial score (nSPS) is 15.1. The molecule has 1 N–H and O–H groups in total. The van der Waals surface area contributed by atoms with Gasteiger partial charge in [-0.25, -0.2) is 4.79 Å². The van der Waals surface area contributed by atoms with Crippen LogP contribution in [-0.2, 0) is 18.9 Å². The van der Waals surface area contributed by atoms with E-state index in [1.165, 1.54) is 6.26 Å². The van der Waals surface area contributed by atoms with Crippen molar-refractivity contribution in [2.75, 3.05) is 18.4 Å². The van der Waals surface area contributed by atoms with Gasteiger partial charge in [-0.2, -0.15) is 0 Å². The molecule has 0 saturated carbocycles. The first kappa shape index (κ1) is 18.1. The Bertz CT molecular complexity index is 1090. The van der Waals surface area contributed by atoms with E-state index in [0.717, 1.165) is 11.0 Å². The molecule has 1 aromatic carbocycles. The predicted molar refractivity (Wildman–Crippen MR) is 104 cm³/mol. The number of aromatic nitrogens is 2. The first-order chi connectivity index (χ1) is 13.5. The highest BCUT2D eigenvalue weighted by Crippen LogP contribution is 2.23. The predicted octanol–water partition coefficient (Wildman–Crippen LogP) is 1.96. The van der Waals surface area contributed by atoms with Crippen molar-refractivity contribution in [1.82, 2.24) is 14.0 Å². The summed E-state index contributed by atoms with van der Waals surface area (Å²) < 4.78 is 8.30. The maximum absolute atomic E-state index is 12.7. The molecule has 2 aromatic heterocycles. The lowest BCUT2D eigenvalue weighted by Crippen LogP contribution is -2.41. The van der Waals surface area contributed by atoms with Crippen LogP contribution < -0.4 is 11.0 Å². The van der Waals surface area contributed by atoms with Crippen molar-refractivity contribution < 1.29 is 14.0 Å². The van der Waals surface area contributed by atoms with E-state index in [1.54, 1.807) is 46.3 Å². The summed E-state index contributed by atoms with van der Waals surface area (Å²) in [5.41, 5.74) is 2.14. The number of aryl methyl sites for hydroxylation is 2. The van der Waals surface area contributed by atoms with Crippen LogP contribution in [0.2, 0.25) is 0 Å². The lowest BCUT2D eigenvalue weighted by molar-refractivity contribution is -0.121. The van der Waals surface area contributed by atoms with E-state index in [-0.39, 0.29) is 23.4 Å². The number of piperidine rings is 1. The summed E-state index contributed by atoms with van der Waals surface area (Å²) in [6, 6.07) is 8.78. The second-order valence-corrected chi connectivity index (χ2v) is 7.14. The third-order valence-corrected chi connectivity index (χ3v) is 5.42. The highest BCUT2D eigenvalue weighted by atomic mass is 16.3. The third-order valence-electron chi connectivity index (χ3n) is 5.42. The molecule has 28 heavy (non-hydrogen) atoms. The zero-order valence-electron chi connectivity index (χ0n) is 15.8. The minimum atomic E-state index is -0.157. The molecule has 1 fully saturated rings. The molecule has 0 atom stereocenters. The average molecular weight is 382 g/mol. The number of amides is 2. The van der Waals surface area contributed by atoms with Crippen molar-refractivity contribution >= 4 is 28.5 Å². The molecule has 1 aliphatic rings. The van der Waals surface area contributed by atoms with Crippen LogP contribution in [0.3, 0.4) is 0 Å². The van der Waals surface area contributed by atoms with Gasteiger partial charge in [-0.05, 0) is 43.2 Å². The van der Waals surface area contributed by atoms with Gasteiger partial charge in [0, 0.05) is 38.8 Å². The molecular formula is C20H22N4O4. The quantitative estimate of drug-likeness (QED) is 0.750. The first-order valence-corrected chi connectivity index (χ1v) is 9.25. The van der Waals surface area contributed by atoms with Crippen LogP contribution in [0, 0.1) is 5.92 Å². The van der Waals surface area contributed by atoms with Gasteiger partial charge in [0.15, 0.2) is 5.76 Å². The first-order valence-electron chi connectivity index (χ1n) is 9.25. The number of carbonyl (C=O) groups is 2. The Labute approximate surface area is 161 Å². The van der Waals surface area contributed by atoms with Crippen LogP contribution in [0.4, 0.5) is 5.69 Å². The van der Waals surface area contributed by atoms with Gasteiger partial charge in [-0.3, -0.25) is 18.7 Å². The van der Waals surface area contributed by atoms with Crippen LogP contribution in [0.5, 0.6) is 0 Å². The number of carbonyl (C=O) groups excluding carboxylic acids is 2. The molecule has 3 heterocycles. The third kappa shape index (κ3) is 3.11. The standard InChI is InChI=1S/C20H22N4O4/c1-22-15-6-5-14(12-16(15)23(2)20(22)27)21-18(25)13-7-9-24(10-8-13)19(26)17-4-3-11-28-17/h3-6,11-13H,7-10H2,1-2H3,(H,21,25). The summed E-state index contributed by atoms with van der Waals surface area (Å²) in [5.74, 6) is -0.0368. The number of nitrogens with one attached hydrogen (secondary N) is 1. The molecule has 1 saturated heterocycles. The molecule has 3 aromatic rings. The summed E-state index contributed by atoms with van der Waals surface area (Å²) in [4.78, 5) is 38.7. The molecule has 0 spiro atoms. The highest BCUT2D eigenvalue weighted by molar-refractivity contribution is 5.95. The van der Waals surface area contributed by atoms with Crippen LogP contribution >= 0.6 is 0 Å². The number of nitrogens with zero attached hydrogens (tertiary/aromatic N) is 3. The van der Waals surface area contributed by atoms with Crippen LogP contribution in [0.1, 0.15) is 23.4 Å². The number of hydrogen-bond donors (Lipinski definition) is 1. The van der Waals surface area contributed by atoms with E-state index in [9.17, 15) is 14.4 Å². The number of furan rings is 1. The Hall–Kier alpha value is -3.29. The summed E-state index contributed by atoms with van der Waals surface area (Å²) in [5, 5.41) is 2.95. The fourth-order valence-electron chi connectivity index (χ4n) is 3.73. The van der Waals surface area contributed by atoms with Crippen molar-refractivity contribution in [3.8, 4) is 0 Å². The van der Waals surface area contributed by atoms with E-state index in [4.69, 9.17) is 4.42 Å². The van der Waals surface area contributed by atoms with E-state index < -0.39 is 0 Å². The molecule has 2 amide bonds. The van der Waals surface area contributed by atoms with Crippen molar-refractivity contribution in [3.05, 3.63) is 52.8 Å². The fraction of sp³-hybridized carbons (Fsp3) is 0.350. The van der Waals surface area contributed by atoms with Crippen molar-refractivity contribution in [3.63, 3.8) is 0 Å². The zero-order chi connectivity index (χ0) is 19.8. The van der Waals surface area contributed by atoms with Crippen molar-refractivity contribution in [1.29, 1.82) is 0 Å². The van der Waals surface area contributed by atoms with E-state index >= 15 is 0 Å². The minimum absolute atomic E-state index is 0.0645. The zero-order valence-corrected chi connectivity index (χ0v) is 15.8. The summed E-state index contributed by atoms with van der Waals surface area (Å²) in [7, 11) is 3.43. The minimum Gasteiger partial charge on any atom is -0.459 e. The Morgan fingerprint density at radius 3 is 2.46 bits per heavy atom. The van der Waals surface area contributed by atoms with Crippen LogP contribution in [0.15, 0.2) is 45.8 Å². The Balaban J connectivity index is 1.41. The number of imidazole rings is 1. The second-order valence-electron chi connectivity index (χ2n) is 7.14. The number of fused-ring (bicyclic) bond motifs is 1. The molecule has 0 aliphatic carbocycles. The van der Waals surface area contributed by atoms with Gasteiger partial charge in [0.2, 0.25) is 5.91 Å². The van der Waals surface area contributed by atoms with Gasteiger partial charge in [0.25, 0.3) is 5.91 Å². The van der Waals surface area contributed by atoms with Crippen molar-refractivity contribution in [2.45, 2.75) is 12.8 Å². The van der Waals surface area contributed by atoms with E-state index in [2.05, 4.69) is 5.32 Å². The Kier molecular flexibility index (Phi) is 4.54. The lowest BCUT2D eigenvalue weighted by Gasteiger charge is -2.30. The smallest absolute Gasteiger partial charge is 0.328 e. The molecule has 8 nitrogen and oxygen atoms in total. The Morgan fingerprint density at radius 1 is 1.07 bits per heavy atom. The summed E-state index contributed by atoms with van der Waals surface area (Å²) in [6.45, 7) is 1.04. The molecule has 8 heteroatoms. The Morgan fingerprint density at radius 2 is 1.79 bits per heavy atom. The number of likely N-dealkylation sites (tertiary alicyclic amines) is 1. The monoisotopic (exact) mass is 382 g/mol. The highest BCUT2D eigenvalue weighted by Gasteiger charge is 2.28. The van der Waals surface area contributed by atoms with Gasteiger partial charge in [0.1, 0.15) is 0 Å². The lowest BCUT2D eigenvalue weighted by atomic mass is 9.95. The topological polar surface area (TPSA) is 89.5 Å². The van der Waals surface area contributed by atoms with Gasteiger partial charge in [-0.15, -0.1) is 0 Å². The van der Waals surface area contributed by atoms with Gasteiger partial charge in [0.05, 0.1) is 17.3 Å². The van der Waals surface area contributed by atoms with E-state index in [0.29, 0.717) is 37.4 Å². The van der Waals surface area contributed by atoms with Crippen LogP contribution in [0.25, 0.3) is 11.0 Å². The molecule has 0 unspecified atom stereocenters. The summed E-state index contributed by atoms with van der Waals surface area (Å²) in [6.07, 6.45) is 2.68. The number of anilines is 1.